The number of piperidine rings is 1. The van der Waals surface area contributed by atoms with Crippen LogP contribution in [-0.2, 0) is 4.79 Å². The third-order valence-corrected chi connectivity index (χ3v) is 5.38. The summed E-state index contributed by atoms with van der Waals surface area (Å²) in [6, 6.07) is 0.615. The van der Waals surface area contributed by atoms with Crippen molar-refractivity contribution in [3.05, 3.63) is 0 Å². The van der Waals surface area contributed by atoms with Crippen LogP contribution in [0.15, 0.2) is 0 Å². The summed E-state index contributed by atoms with van der Waals surface area (Å²) in [6.45, 7) is 4.18. The van der Waals surface area contributed by atoms with Crippen LogP contribution < -0.4 is 5.32 Å². The number of hydrogen-bond donors (Lipinski definition) is 1. The molecule has 1 saturated carbocycles. The molecule has 0 aromatic heterocycles. The molecule has 0 bridgehead atoms. The minimum Gasteiger partial charge on any atom is -0.342 e. The number of nitrogens with zero attached hydrogens (tertiary/aromatic N) is 1. The number of carbonyl (C=O) groups is 1. The number of rotatable bonds is 5. The quantitative estimate of drug-likeness (QED) is 0.839. The summed E-state index contributed by atoms with van der Waals surface area (Å²) in [5.41, 5.74) is 0. The van der Waals surface area contributed by atoms with Crippen LogP contribution >= 0.6 is 0 Å². The average molecular weight is 280 g/mol. The first-order chi connectivity index (χ1) is 9.74. The standard InChI is InChI=1S/C17H32N2O/c1-3-4-5-14-6-8-15(9-7-14)17(20)19-12-10-16(18-2)11-13-19/h14-16,18H,3-13H2,1-2H3. The molecule has 1 amide bonds. The van der Waals surface area contributed by atoms with Crippen molar-refractivity contribution in [2.45, 2.75) is 70.8 Å². The van der Waals surface area contributed by atoms with E-state index in [9.17, 15) is 4.79 Å². The van der Waals surface area contributed by atoms with Crippen LogP contribution in [-0.4, -0.2) is 37.0 Å². The SMILES string of the molecule is CCCCC1CCC(C(=O)N2CCC(NC)CC2)CC1. The van der Waals surface area contributed by atoms with E-state index in [-0.39, 0.29) is 0 Å². The number of likely N-dealkylation sites (tertiary alicyclic amines) is 1. The van der Waals surface area contributed by atoms with Gasteiger partial charge in [-0.25, -0.2) is 0 Å². The van der Waals surface area contributed by atoms with Crippen molar-refractivity contribution in [2.75, 3.05) is 20.1 Å². The number of hydrogen-bond acceptors (Lipinski definition) is 2. The molecule has 0 aromatic rings. The second-order valence-corrected chi connectivity index (χ2v) is 6.75. The van der Waals surface area contributed by atoms with E-state index in [4.69, 9.17) is 0 Å². The van der Waals surface area contributed by atoms with Crippen molar-refractivity contribution < 1.29 is 4.79 Å². The Kier molecular flexibility index (Phi) is 6.34. The van der Waals surface area contributed by atoms with Crippen LogP contribution in [0.1, 0.15) is 64.7 Å². The molecule has 1 aliphatic carbocycles. The van der Waals surface area contributed by atoms with Crippen LogP contribution in [0.25, 0.3) is 0 Å². The van der Waals surface area contributed by atoms with Gasteiger partial charge in [0.05, 0.1) is 0 Å². The van der Waals surface area contributed by atoms with Gasteiger partial charge >= 0.3 is 0 Å². The largest absolute Gasteiger partial charge is 0.342 e. The van der Waals surface area contributed by atoms with Crippen molar-refractivity contribution in [1.29, 1.82) is 0 Å². The van der Waals surface area contributed by atoms with Crippen molar-refractivity contribution in [3.8, 4) is 0 Å². The van der Waals surface area contributed by atoms with Gasteiger partial charge in [-0.1, -0.05) is 26.2 Å². The normalized spacial score (nSPS) is 28.6. The highest BCUT2D eigenvalue weighted by Gasteiger charge is 2.30. The maximum absolute atomic E-state index is 12.6. The van der Waals surface area contributed by atoms with Crippen LogP contribution in [0, 0.1) is 11.8 Å². The molecular weight excluding hydrogens is 248 g/mol. The Morgan fingerprint density at radius 2 is 1.75 bits per heavy atom. The highest BCUT2D eigenvalue weighted by Crippen LogP contribution is 2.33. The van der Waals surface area contributed by atoms with Gasteiger partial charge in [-0.05, 0) is 51.5 Å². The van der Waals surface area contributed by atoms with Crippen LogP contribution in [0.2, 0.25) is 0 Å². The summed E-state index contributed by atoms with van der Waals surface area (Å²) >= 11 is 0. The van der Waals surface area contributed by atoms with E-state index in [0.717, 1.165) is 44.7 Å². The van der Waals surface area contributed by atoms with Crippen molar-refractivity contribution in [2.24, 2.45) is 11.8 Å². The Balaban J connectivity index is 1.72. The van der Waals surface area contributed by atoms with Gasteiger partial charge in [0.2, 0.25) is 5.91 Å². The first-order valence-corrected chi connectivity index (χ1v) is 8.70. The lowest BCUT2D eigenvalue weighted by atomic mass is 9.79. The predicted octanol–water partition coefficient (Wildman–Crippen LogP) is 3.19. The molecule has 2 rings (SSSR count). The van der Waals surface area contributed by atoms with Gasteiger partial charge in [0.1, 0.15) is 0 Å². The zero-order chi connectivity index (χ0) is 14.4. The minimum absolute atomic E-state index is 0.332. The third kappa shape index (κ3) is 4.21. The molecule has 3 heteroatoms. The van der Waals surface area contributed by atoms with Gasteiger partial charge < -0.3 is 10.2 Å². The molecule has 3 nitrogen and oxygen atoms in total. The summed E-state index contributed by atoms with van der Waals surface area (Å²) in [5.74, 6) is 1.68. The molecule has 0 unspecified atom stereocenters. The summed E-state index contributed by atoms with van der Waals surface area (Å²) in [5, 5.41) is 3.33. The Hall–Kier alpha value is -0.570. The second kappa shape index (κ2) is 8.02. The number of carbonyl (C=O) groups excluding carboxylic acids is 1. The zero-order valence-electron chi connectivity index (χ0n) is 13.4. The summed E-state index contributed by atoms with van der Waals surface area (Å²) < 4.78 is 0. The maximum Gasteiger partial charge on any atom is 0.225 e. The fourth-order valence-electron chi connectivity index (χ4n) is 3.84. The van der Waals surface area contributed by atoms with E-state index in [1.54, 1.807) is 0 Å². The van der Waals surface area contributed by atoms with Crippen molar-refractivity contribution >= 4 is 5.91 Å². The molecule has 0 atom stereocenters. The van der Waals surface area contributed by atoms with E-state index < -0.39 is 0 Å². The smallest absolute Gasteiger partial charge is 0.225 e. The molecule has 2 fully saturated rings. The third-order valence-electron chi connectivity index (χ3n) is 5.38. The first kappa shape index (κ1) is 15.8. The van der Waals surface area contributed by atoms with Gasteiger partial charge in [-0.3, -0.25) is 4.79 Å². The lowest BCUT2D eigenvalue weighted by Crippen LogP contribution is -2.46. The fourth-order valence-corrected chi connectivity index (χ4v) is 3.84. The predicted molar refractivity (Wildman–Crippen MR) is 83.6 cm³/mol. The monoisotopic (exact) mass is 280 g/mol. The van der Waals surface area contributed by atoms with Gasteiger partial charge in [0.25, 0.3) is 0 Å². The van der Waals surface area contributed by atoms with Crippen LogP contribution in [0.3, 0.4) is 0 Å². The second-order valence-electron chi connectivity index (χ2n) is 6.75. The van der Waals surface area contributed by atoms with E-state index in [1.807, 2.05) is 7.05 Å². The average Bonchev–Trinajstić information content (AvgIpc) is 2.53. The lowest BCUT2D eigenvalue weighted by molar-refractivity contribution is -0.138. The van der Waals surface area contributed by atoms with Crippen LogP contribution in [0.5, 0.6) is 0 Å². The summed E-state index contributed by atoms with van der Waals surface area (Å²) in [7, 11) is 2.03. The number of amides is 1. The molecule has 0 aromatic carbocycles. The molecule has 116 valence electrons. The number of nitrogens with one attached hydrogen (secondary N) is 1. The Morgan fingerprint density at radius 3 is 2.30 bits per heavy atom. The molecule has 2 aliphatic rings. The lowest BCUT2D eigenvalue weighted by Gasteiger charge is -2.36. The Morgan fingerprint density at radius 1 is 1.10 bits per heavy atom. The summed E-state index contributed by atoms with van der Waals surface area (Å²) in [6.07, 6.45) is 11.1. The molecule has 1 N–H and O–H groups in total. The Labute approximate surface area is 124 Å². The highest BCUT2D eigenvalue weighted by atomic mass is 16.2. The van der Waals surface area contributed by atoms with Crippen LogP contribution in [0.4, 0.5) is 0 Å². The van der Waals surface area contributed by atoms with Crippen molar-refractivity contribution in [1.82, 2.24) is 10.2 Å². The van der Waals surface area contributed by atoms with Gasteiger partial charge in [-0.2, -0.15) is 0 Å². The molecule has 20 heavy (non-hydrogen) atoms. The van der Waals surface area contributed by atoms with Gasteiger partial charge in [-0.15, -0.1) is 0 Å². The molecule has 0 radical (unpaired) electrons. The van der Waals surface area contributed by atoms with Crippen molar-refractivity contribution in [3.63, 3.8) is 0 Å². The first-order valence-electron chi connectivity index (χ1n) is 8.70. The van der Waals surface area contributed by atoms with E-state index >= 15 is 0 Å². The molecule has 1 aliphatic heterocycles. The highest BCUT2D eigenvalue weighted by molar-refractivity contribution is 5.79. The minimum atomic E-state index is 0.332. The van der Waals surface area contributed by atoms with E-state index in [0.29, 0.717) is 17.9 Å². The topological polar surface area (TPSA) is 32.3 Å². The maximum atomic E-state index is 12.6. The zero-order valence-corrected chi connectivity index (χ0v) is 13.4. The fraction of sp³-hybridized carbons (Fsp3) is 0.941. The summed E-state index contributed by atoms with van der Waals surface area (Å²) in [4.78, 5) is 14.7. The van der Waals surface area contributed by atoms with E-state index in [1.165, 1.54) is 32.1 Å². The number of unbranched alkanes of at least 4 members (excludes halogenated alkanes) is 1. The molecule has 1 heterocycles. The van der Waals surface area contributed by atoms with Gasteiger partial charge in [0.15, 0.2) is 0 Å². The molecule has 0 spiro atoms. The molecule has 1 saturated heterocycles. The van der Waals surface area contributed by atoms with E-state index in [2.05, 4.69) is 17.1 Å². The van der Waals surface area contributed by atoms with Gasteiger partial charge in [0, 0.05) is 25.0 Å². The Bertz CT molecular complexity index is 289. The molecular formula is C17H32N2O.